The van der Waals surface area contributed by atoms with Gasteiger partial charge in [0.15, 0.2) is 11.6 Å². The lowest BCUT2D eigenvalue weighted by molar-refractivity contribution is 0.0742. The van der Waals surface area contributed by atoms with Gasteiger partial charge in [-0.1, -0.05) is 6.92 Å². The smallest absolute Gasteiger partial charge is 0.254 e. The number of hydrogen-bond donors (Lipinski definition) is 2. The number of nitrogens with two attached hydrogens (primary N) is 1. The molecular weight excluding hydrogens is 284 g/mol. The predicted molar refractivity (Wildman–Crippen MR) is 78.7 cm³/mol. The van der Waals surface area contributed by atoms with Crippen LogP contribution in [-0.4, -0.2) is 35.9 Å². The summed E-state index contributed by atoms with van der Waals surface area (Å²) < 4.78 is 27.2. The van der Waals surface area contributed by atoms with Crippen LogP contribution < -0.4 is 11.3 Å². The van der Waals surface area contributed by atoms with Gasteiger partial charge in [0.2, 0.25) is 0 Å². The van der Waals surface area contributed by atoms with E-state index in [1.165, 1.54) is 4.90 Å². The van der Waals surface area contributed by atoms with Crippen LogP contribution in [0.1, 0.15) is 23.7 Å². The molecule has 0 bridgehead atoms. The van der Waals surface area contributed by atoms with Crippen LogP contribution in [0.2, 0.25) is 0 Å². The zero-order chi connectivity index (χ0) is 15.3. The molecule has 0 aliphatic rings. The van der Waals surface area contributed by atoms with Gasteiger partial charge in [-0.2, -0.15) is 11.8 Å². The van der Waals surface area contributed by atoms with Crippen molar-refractivity contribution < 1.29 is 13.6 Å². The molecule has 0 aliphatic heterocycles. The Kier molecular flexibility index (Phi) is 6.22. The maximum Gasteiger partial charge on any atom is 0.254 e. The second-order valence-electron chi connectivity index (χ2n) is 4.39. The molecule has 1 aromatic rings. The molecule has 0 saturated carbocycles. The fraction of sp³-hybridized carbons (Fsp3) is 0.462. The van der Waals surface area contributed by atoms with E-state index < -0.39 is 23.2 Å². The molecule has 20 heavy (non-hydrogen) atoms. The lowest BCUT2D eigenvalue weighted by Gasteiger charge is -2.27. The quantitative estimate of drug-likeness (QED) is 0.626. The zero-order valence-electron chi connectivity index (χ0n) is 11.7. The van der Waals surface area contributed by atoms with Crippen molar-refractivity contribution in [1.82, 2.24) is 4.90 Å². The van der Waals surface area contributed by atoms with Crippen LogP contribution in [0.25, 0.3) is 0 Å². The largest absolute Gasteiger partial charge is 0.338 e. The Balaban J connectivity index is 3.03. The Hall–Kier alpha value is -1.34. The molecule has 1 amide bonds. The van der Waals surface area contributed by atoms with Gasteiger partial charge in [-0.05, 0) is 24.8 Å². The number of hydrazine groups is 1. The number of halogens is 2. The summed E-state index contributed by atoms with van der Waals surface area (Å²) in [6, 6.07) is 2.00. The molecule has 0 fully saturated rings. The second-order valence-corrected chi connectivity index (χ2v) is 5.30. The summed E-state index contributed by atoms with van der Waals surface area (Å²) in [5, 5.41) is 0. The number of thioether (sulfide) groups is 1. The summed E-state index contributed by atoms with van der Waals surface area (Å²) in [5.74, 6) is 3.60. The topological polar surface area (TPSA) is 58.4 Å². The minimum atomic E-state index is -0.887. The van der Waals surface area contributed by atoms with Gasteiger partial charge >= 0.3 is 0 Å². The SMILES string of the molecule is CCC(CSC)N(C)C(=O)c1cc(F)c(NN)c(F)c1. The number of carbonyl (C=O) groups excluding carboxylic acids is 1. The van der Waals surface area contributed by atoms with Gasteiger partial charge in [0.25, 0.3) is 5.91 Å². The van der Waals surface area contributed by atoms with Crippen LogP contribution in [0.4, 0.5) is 14.5 Å². The lowest BCUT2D eigenvalue weighted by Crippen LogP contribution is -2.38. The highest BCUT2D eigenvalue weighted by Gasteiger charge is 2.22. The van der Waals surface area contributed by atoms with Crippen molar-refractivity contribution in [2.75, 3.05) is 24.5 Å². The maximum atomic E-state index is 13.6. The average molecular weight is 303 g/mol. The first kappa shape index (κ1) is 16.7. The van der Waals surface area contributed by atoms with Gasteiger partial charge in [-0.3, -0.25) is 10.6 Å². The molecule has 0 heterocycles. The van der Waals surface area contributed by atoms with E-state index in [0.717, 1.165) is 24.3 Å². The number of amides is 1. The van der Waals surface area contributed by atoms with Crippen LogP contribution in [-0.2, 0) is 0 Å². The Bertz CT molecular complexity index is 462. The van der Waals surface area contributed by atoms with Crippen LogP contribution in [0, 0.1) is 11.6 Å². The van der Waals surface area contributed by atoms with E-state index in [1.807, 2.05) is 18.6 Å². The normalized spacial score (nSPS) is 12.1. The van der Waals surface area contributed by atoms with Crippen molar-refractivity contribution in [3.05, 3.63) is 29.3 Å². The maximum absolute atomic E-state index is 13.6. The summed E-state index contributed by atoms with van der Waals surface area (Å²) in [4.78, 5) is 13.8. The molecule has 1 atom stereocenters. The lowest BCUT2D eigenvalue weighted by atomic mass is 10.1. The van der Waals surface area contributed by atoms with Crippen LogP contribution >= 0.6 is 11.8 Å². The van der Waals surface area contributed by atoms with E-state index in [1.54, 1.807) is 18.8 Å². The number of hydrogen-bond acceptors (Lipinski definition) is 4. The molecule has 3 N–H and O–H groups in total. The minimum Gasteiger partial charge on any atom is -0.338 e. The molecule has 0 spiro atoms. The highest BCUT2D eigenvalue weighted by atomic mass is 32.2. The van der Waals surface area contributed by atoms with Crippen molar-refractivity contribution in [1.29, 1.82) is 0 Å². The number of benzene rings is 1. The minimum absolute atomic E-state index is 0.0240. The van der Waals surface area contributed by atoms with Crippen LogP contribution in [0.5, 0.6) is 0 Å². The van der Waals surface area contributed by atoms with E-state index in [4.69, 9.17) is 5.84 Å². The fourth-order valence-corrected chi connectivity index (χ4v) is 2.74. The standard InChI is InChI=1S/C13H19F2N3OS/c1-4-9(7-20-3)18(2)13(19)8-5-10(14)12(17-16)11(15)6-8/h5-6,9,17H,4,7,16H2,1-3H3. The first-order chi connectivity index (χ1) is 9.46. The number of rotatable bonds is 6. The van der Waals surface area contributed by atoms with Gasteiger partial charge in [0.05, 0.1) is 0 Å². The first-order valence-corrected chi connectivity index (χ1v) is 7.57. The first-order valence-electron chi connectivity index (χ1n) is 6.18. The predicted octanol–water partition coefficient (Wildman–Crippen LogP) is 2.46. The molecule has 1 unspecified atom stereocenters. The molecule has 0 aromatic heterocycles. The highest BCUT2D eigenvalue weighted by molar-refractivity contribution is 7.98. The monoisotopic (exact) mass is 303 g/mol. The van der Waals surface area contributed by atoms with Crippen molar-refractivity contribution in [3.8, 4) is 0 Å². The Morgan fingerprint density at radius 3 is 2.40 bits per heavy atom. The van der Waals surface area contributed by atoms with Crippen molar-refractivity contribution in [2.45, 2.75) is 19.4 Å². The van der Waals surface area contributed by atoms with Gasteiger partial charge in [-0.15, -0.1) is 0 Å². The zero-order valence-corrected chi connectivity index (χ0v) is 12.6. The third-order valence-corrected chi connectivity index (χ3v) is 3.85. The van der Waals surface area contributed by atoms with Gasteiger partial charge in [0, 0.05) is 24.4 Å². The molecule has 0 aliphatic carbocycles. The van der Waals surface area contributed by atoms with E-state index in [9.17, 15) is 13.6 Å². The van der Waals surface area contributed by atoms with Crippen LogP contribution in [0.15, 0.2) is 12.1 Å². The Labute approximate surface area is 121 Å². The summed E-state index contributed by atoms with van der Waals surface area (Å²) >= 11 is 1.62. The molecule has 7 heteroatoms. The summed E-state index contributed by atoms with van der Waals surface area (Å²) in [5.41, 5.74) is 1.46. The highest BCUT2D eigenvalue weighted by Crippen LogP contribution is 2.21. The number of nitrogens with zero attached hydrogens (tertiary/aromatic N) is 1. The molecule has 0 radical (unpaired) electrons. The van der Waals surface area contributed by atoms with Crippen molar-refractivity contribution >= 4 is 23.4 Å². The average Bonchev–Trinajstić information content (AvgIpc) is 2.42. The van der Waals surface area contributed by atoms with Gasteiger partial charge < -0.3 is 10.3 Å². The number of carbonyl (C=O) groups is 1. The van der Waals surface area contributed by atoms with E-state index in [-0.39, 0.29) is 11.6 Å². The number of nitrogens with one attached hydrogen (secondary N) is 1. The number of nitrogen functional groups attached to an aromatic ring is 1. The Morgan fingerprint density at radius 1 is 1.45 bits per heavy atom. The van der Waals surface area contributed by atoms with Gasteiger partial charge in [0.1, 0.15) is 5.69 Å². The van der Waals surface area contributed by atoms with Crippen molar-refractivity contribution in [2.24, 2.45) is 5.84 Å². The van der Waals surface area contributed by atoms with Crippen LogP contribution in [0.3, 0.4) is 0 Å². The molecule has 4 nitrogen and oxygen atoms in total. The molecule has 112 valence electrons. The summed E-state index contributed by atoms with van der Waals surface area (Å²) in [7, 11) is 1.64. The summed E-state index contributed by atoms with van der Waals surface area (Å²) in [6.45, 7) is 1.97. The molecule has 1 aromatic carbocycles. The van der Waals surface area contributed by atoms with Crippen molar-refractivity contribution in [3.63, 3.8) is 0 Å². The fourth-order valence-electron chi connectivity index (χ4n) is 1.90. The molecular formula is C13H19F2N3OS. The molecule has 0 saturated heterocycles. The van der Waals surface area contributed by atoms with E-state index in [2.05, 4.69) is 0 Å². The van der Waals surface area contributed by atoms with E-state index >= 15 is 0 Å². The summed E-state index contributed by atoms with van der Waals surface area (Å²) in [6.07, 6.45) is 2.72. The number of anilines is 1. The van der Waals surface area contributed by atoms with E-state index in [0.29, 0.717) is 0 Å². The third-order valence-electron chi connectivity index (χ3n) is 3.13. The Morgan fingerprint density at radius 2 is 2.00 bits per heavy atom. The molecule has 1 rings (SSSR count). The van der Waals surface area contributed by atoms with Gasteiger partial charge in [-0.25, -0.2) is 8.78 Å². The third kappa shape index (κ3) is 3.61. The second kappa shape index (κ2) is 7.44.